The highest BCUT2D eigenvalue weighted by atomic mass is 32.2. The van der Waals surface area contributed by atoms with E-state index >= 15 is 0 Å². The normalized spacial score (nSPS) is 10.6. The molecule has 23 heavy (non-hydrogen) atoms. The van der Waals surface area contributed by atoms with Gasteiger partial charge < -0.3 is 9.72 Å². The number of aromatic amines is 1. The Morgan fingerprint density at radius 1 is 1.39 bits per heavy atom. The Balaban J connectivity index is 2.21. The summed E-state index contributed by atoms with van der Waals surface area (Å²) >= 11 is 1.28. The van der Waals surface area contributed by atoms with Crippen molar-refractivity contribution in [3.05, 3.63) is 57.3 Å². The molecule has 0 aliphatic rings. The van der Waals surface area contributed by atoms with Crippen LogP contribution in [0.1, 0.15) is 35.0 Å². The number of ether oxygens (including phenoxy) is 1. The standard InChI is InChI=1S/C16H17FN2O3S/c1-3-4-12-8-14(20)19-16(18-12)23-9-10-5-6-11(17)7-13(10)15(21)22-2/h5-8H,3-4,9H2,1-2H3,(H,18,19,20). The summed E-state index contributed by atoms with van der Waals surface area (Å²) in [5.74, 6) is -0.736. The van der Waals surface area contributed by atoms with Gasteiger partial charge >= 0.3 is 5.97 Å². The lowest BCUT2D eigenvalue weighted by Crippen LogP contribution is -2.10. The number of esters is 1. The third-order valence-corrected chi connectivity index (χ3v) is 4.04. The van der Waals surface area contributed by atoms with Crippen molar-refractivity contribution in [3.63, 3.8) is 0 Å². The van der Waals surface area contributed by atoms with Gasteiger partial charge in [-0.3, -0.25) is 4.79 Å². The summed E-state index contributed by atoms with van der Waals surface area (Å²) in [6.07, 6.45) is 1.62. The highest BCUT2D eigenvalue weighted by molar-refractivity contribution is 7.98. The van der Waals surface area contributed by atoms with Gasteiger partial charge in [0.25, 0.3) is 5.56 Å². The molecule has 0 spiro atoms. The van der Waals surface area contributed by atoms with E-state index in [0.29, 0.717) is 16.5 Å². The van der Waals surface area contributed by atoms with Gasteiger partial charge in [0, 0.05) is 17.5 Å². The first-order valence-electron chi connectivity index (χ1n) is 7.13. The van der Waals surface area contributed by atoms with Crippen molar-refractivity contribution < 1.29 is 13.9 Å². The van der Waals surface area contributed by atoms with Crippen molar-refractivity contribution in [2.45, 2.75) is 30.7 Å². The van der Waals surface area contributed by atoms with Gasteiger partial charge in [-0.05, 0) is 24.1 Å². The predicted octanol–water partition coefficient (Wildman–Crippen LogP) is 2.94. The number of aromatic nitrogens is 2. The number of methoxy groups -OCH3 is 1. The SMILES string of the molecule is CCCc1cc(=O)[nH]c(SCc2ccc(F)cc2C(=O)OC)n1. The Labute approximate surface area is 137 Å². The number of carbonyl (C=O) groups excluding carboxylic acids is 1. The Morgan fingerprint density at radius 3 is 2.87 bits per heavy atom. The largest absolute Gasteiger partial charge is 0.465 e. The van der Waals surface area contributed by atoms with Crippen LogP contribution in [0.5, 0.6) is 0 Å². The Bertz CT molecular complexity index is 761. The zero-order valence-corrected chi connectivity index (χ0v) is 13.7. The van der Waals surface area contributed by atoms with Crippen molar-refractivity contribution in [2.24, 2.45) is 0 Å². The van der Waals surface area contributed by atoms with Crippen LogP contribution in [-0.2, 0) is 16.9 Å². The lowest BCUT2D eigenvalue weighted by atomic mass is 10.1. The number of H-pyrrole nitrogens is 1. The molecule has 0 fully saturated rings. The minimum absolute atomic E-state index is 0.173. The molecule has 1 N–H and O–H groups in total. The monoisotopic (exact) mass is 336 g/mol. The van der Waals surface area contributed by atoms with Gasteiger partial charge in [0.1, 0.15) is 5.82 Å². The van der Waals surface area contributed by atoms with Crippen molar-refractivity contribution >= 4 is 17.7 Å². The van der Waals surface area contributed by atoms with Crippen molar-refractivity contribution in [2.75, 3.05) is 7.11 Å². The first kappa shape index (κ1) is 17.2. The first-order chi connectivity index (χ1) is 11.0. The smallest absolute Gasteiger partial charge is 0.338 e. The van der Waals surface area contributed by atoms with Crippen molar-refractivity contribution in [1.82, 2.24) is 9.97 Å². The average molecular weight is 336 g/mol. The molecule has 0 amide bonds. The lowest BCUT2D eigenvalue weighted by Gasteiger charge is -2.08. The van der Waals surface area contributed by atoms with Crippen LogP contribution in [0.25, 0.3) is 0 Å². The van der Waals surface area contributed by atoms with Crippen LogP contribution in [0.3, 0.4) is 0 Å². The molecular weight excluding hydrogens is 319 g/mol. The van der Waals surface area contributed by atoms with E-state index in [2.05, 4.69) is 14.7 Å². The summed E-state index contributed by atoms with van der Waals surface area (Å²) in [6.45, 7) is 2.01. The molecule has 0 aliphatic carbocycles. The molecule has 0 bridgehead atoms. The summed E-state index contributed by atoms with van der Waals surface area (Å²) in [4.78, 5) is 30.4. The highest BCUT2D eigenvalue weighted by Crippen LogP contribution is 2.22. The van der Waals surface area contributed by atoms with Crippen LogP contribution < -0.4 is 5.56 Å². The first-order valence-corrected chi connectivity index (χ1v) is 8.11. The molecule has 0 radical (unpaired) electrons. The van der Waals surface area contributed by atoms with Gasteiger partial charge in [-0.15, -0.1) is 0 Å². The molecule has 0 unspecified atom stereocenters. The zero-order chi connectivity index (χ0) is 16.8. The predicted molar refractivity (Wildman–Crippen MR) is 86.2 cm³/mol. The summed E-state index contributed by atoms with van der Waals surface area (Å²) in [5.41, 5.74) is 1.31. The fourth-order valence-electron chi connectivity index (χ4n) is 2.06. The van der Waals surface area contributed by atoms with E-state index in [0.717, 1.165) is 24.6 Å². The number of carbonyl (C=O) groups is 1. The van der Waals surface area contributed by atoms with Gasteiger partial charge in [0.2, 0.25) is 0 Å². The fraction of sp³-hybridized carbons (Fsp3) is 0.312. The molecule has 2 aromatic rings. The van der Waals surface area contributed by atoms with E-state index in [4.69, 9.17) is 0 Å². The maximum Gasteiger partial charge on any atom is 0.338 e. The molecular formula is C16H17FN2O3S. The molecule has 1 aromatic heterocycles. The number of rotatable bonds is 6. The van der Waals surface area contributed by atoms with E-state index in [9.17, 15) is 14.0 Å². The van der Waals surface area contributed by atoms with Gasteiger partial charge in [-0.25, -0.2) is 14.2 Å². The molecule has 7 heteroatoms. The number of benzene rings is 1. The minimum Gasteiger partial charge on any atom is -0.465 e. The molecule has 0 aliphatic heterocycles. The summed E-state index contributed by atoms with van der Waals surface area (Å²) in [7, 11) is 1.25. The van der Waals surface area contributed by atoms with Gasteiger partial charge in [-0.2, -0.15) is 0 Å². The third kappa shape index (κ3) is 4.66. The second kappa shape index (κ2) is 7.92. The lowest BCUT2D eigenvalue weighted by molar-refractivity contribution is 0.0599. The van der Waals surface area contributed by atoms with Gasteiger partial charge in [-0.1, -0.05) is 31.2 Å². The van der Waals surface area contributed by atoms with Crippen LogP contribution >= 0.6 is 11.8 Å². The Morgan fingerprint density at radius 2 is 2.17 bits per heavy atom. The zero-order valence-electron chi connectivity index (χ0n) is 12.9. The average Bonchev–Trinajstić information content (AvgIpc) is 2.52. The number of hydrogen-bond acceptors (Lipinski definition) is 5. The molecule has 122 valence electrons. The van der Waals surface area contributed by atoms with Crippen LogP contribution in [-0.4, -0.2) is 23.0 Å². The Kier molecular flexibility index (Phi) is 5.92. The van der Waals surface area contributed by atoms with Gasteiger partial charge in [0.05, 0.1) is 12.7 Å². The van der Waals surface area contributed by atoms with E-state index in [1.54, 1.807) is 0 Å². The minimum atomic E-state index is -0.596. The summed E-state index contributed by atoms with van der Waals surface area (Å²) in [5, 5.41) is 0.473. The Hall–Kier alpha value is -2.15. The molecule has 5 nitrogen and oxygen atoms in total. The number of nitrogens with zero attached hydrogens (tertiary/aromatic N) is 1. The number of thioether (sulfide) groups is 1. The van der Waals surface area contributed by atoms with Crippen LogP contribution in [0.4, 0.5) is 4.39 Å². The highest BCUT2D eigenvalue weighted by Gasteiger charge is 2.14. The number of hydrogen-bond donors (Lipinski definition) is 1. The van der Waals surface area contributed by atoms with Gasteiger partial charge in [0.15, 0.2) is 5.16 Å². The molecule has 1 aromatic carbocycles. The number of halogens is 1. The van der Waals surface area contributed by atoms with E-state index < -0.39 is 11.8 Å². The van der Waals surface area contributed by atoms with Crippen molar-refractivity contribution in [3.8, 4) is 0 Å². The number of aryl methyl sites for hydroxylation is 1. The van der Waals surface area contributed by atoms with Crippen LogP contribution in [0, 0.1) is 5.82 Å². The molecule has 0 saturated heterocycles. The fourth-order valence-corrected chi connectivity index (χ4v) is 2.96. The second-order valence-corrected chi connectivity index (χ2v) is 5.84. The van der Waals surface area contributed by atoms with E-state index in [1.807, 2.05) is 6.92 Å². The maximum absolute atomic E-state index is 13.3. The molecule has 2 rings (SSSR count). The molecule has 0 atom stereocenters. The molecule has 0 saturated carbocycles. The van der Waals surface area contributed by atoms with Crippen LogP contribution in [0.2, 0.25) is 0 Å². The third-order valence-electron chi connectivity index (χ3n) is 3.12. The molecule has 1 heterocycles. The topological polar surface area (TPSA) is 72.0 Å². The maximum atomic E-state index is 13.3. The number of nitrogens with one attached hydrogen (secondary N) is 1. The summed E-state index contributed by atoms with van der Waals surface area (Å²) in [6, 6.07) is 5.44. The van der Waals surface area contributed by atoms with Crippen molar-refractivity contribution in [1.29, 1.82) is 0 Å². The second-order valence-electron chi connectivity index (χ2n) is 4.87. The van der Waals surface area contributed by atoms with E-state index in [-0.39, 0.29) is 11.1 Å². The summed E-state index contributed by atoms with van der Waals surface area (Å²) < 4.78 is 18.0. The van der Waals surface area contributed by atoms with Crippen LogP contribution in [0.15, 0.2) is 34.2 Å². The quantitative estimate of drug-likeness (QED) is 0.499. The van der Waals surface area contributed by atoms with E-state index in [1.165, 1.54) is 37.1 Å².